The van der Waals surface area contributed by atoms with E-state index in [1.165, 1.54) is 0 Å². The minimum absolute atomic E-state index is 0.264. The van der Waals surface area contributed by atoms with Crippen LogP contribution in [0.2, 0.25) is 0 Å². The van der Waals surface area contributed by atoms with Crippen molar-refractivity contribution in [3.8, 4) is 0 Å². The predicted octanol–water partition coefficient (Wildman–Crippen LogP) is 2.23. The molecule has 0 bridgehead atoms. The zero-order valence-electron chi connectivity index (χ0n) is 8.42. The number of ether oxygens (including phenoxy) is 1. The summed E-state index contributed by atoms with van der Waals surface area (Å²) >= 11 is 0. The van der Waals surface area contributed by atoms with E-state index >= 15 is 0 Å². The molecule has 0 unspecified atom stereocenters. The van der Waals surface area contributed by atoms with Crippen LogP contribution in [-0.2, 0) is 4.74 Å². The summed E-state index contributed by atoms with van der Waals surface area (Å²) in [5.74, 6) is 1.38. The van der Waals surface area contributed by atoms with Crippen LogP contribution in [0.15, 0.2) is 11.8 Å². The predicted molar refractivity (Wildman–Crippen MR) is 51.2 cm³/mol. The average molecular weight is 182 g/mol. The van der Waals surface area contributed by atoms with E-state index in [1.807, 2.05) is 0 Å². The van der Waals surface area contributed by atoms with Crippen molar-refractivity contribution in [2.45, 2.75) is 51.2 Å². The highest BCUT2D eigenvalue weighted by molar-refractivity contribution is 5.17. The maximum absolute atomic E-state index is 10.1. The van der Waals surface area contributed by atoms with Crippen LogP contribution in [0.5, 0.6) is 0 Å². The van der Waals surface area contributed by atoms with E-state index in [0.717, 1.165) is 31.4 Å². The molecule has 0 saturated heterocycles. The van der Waals surface area contributed by atoms with Crippen LogP contribution in [0.4, 0.5) is 0 Å². The molecule has 0 spiro atoms. The van der Waals surface area contributed by atoms with E-state index in [0.29, 0.717) is 5.92 Å². The lowest BCUT2D eigenvalue weighted by Crippen LogP contribution is -2.42. The Bertz CT molecular complexity index is 228. The molecule has 2 aliphatic rings. The van der Waals surface area contributed by atoms with Crippen molar-refractivity contribution in [2.75, 3.05) is 0 Å². The Balaban J connectivity index is 2.13. The van der Waals surface area contributed by atoms with Crippen molar-refractivity contribution >= 4 is 0 Å². The van der Waals surface area contributed by atoms with Gasteiger partial charge in [-0.3, -0.25) is 0 Å². The van der Waals surface area contributed by atoms with E-state index in [2.05, 4.69) is 19.9 Å². The highest BCUT2D eigenvalue weighted by Gasteiger charge is 2.41. The van der Waals surface area contributed by atoms with E-state index in [-0.39, 0.29) is 6.10 Å². The molecule has 1 fully saturated rings. The SMILES string of the molecule is C[C@H]1C=C(C2(O)CCC2)O[C@@H](C)C1. The third-order valence-corrected chi connectivity index (χ3v) is 3.11. The van der Waals surface area contributed by atoms with Crippen molar-refractivity contribution in [2.24, 2.45) is 5.92 Å². The summed E-state index contributed by atoms with van der Waals surface area (Å²) in [6.45, 7) is 4.26. The van der Waals surface area contributed by atoms with Gasteiger partial charge in [-0.1, -0.05) is 6.92 Å². The second-order valence-electron chi connectivity index (χ2n) is 4.56. The molecule has 0 aromatic rings. The Morgan fingerprint density at radius 2 is 2.15 bits per heavy atom. The molecule has 74 valence electrons. The van der Waals surface area contributed by atoms with Crippen LogP contribution in [0.3, 0.4) is 0 Å². The highest BCUT2D eigenvalue weighted by atomic mass is 16.5. The smallest absolute Gasteiger partial charge is 0.124 e. The largest absolute Gasteiger partial charge is 0.492 e. The highest BCUT2D eigenvalue weighted by Crippen LogP contribution is 2.41. The Kier molecular flexibility index (Phi) is 2.11. The minimum atomic E-state index is -0.608. The Hall–Kier alpha value is -0.500. The Labute approximate surface area is 79.6 Å². The fraction of sp³-hybridized carbons (Fsp3) is 0.818. The molecule has 1 aliphatic heterocycles. The van der Waals surface area contributed by atoms with Crippen molar-refractivity contribution < 1.29 is 9.84 Å². The lowest BCUT2D eigenvalue weighted by Gasteiger charge is -2.41. The number of hydrogen-bond donors (Lipinski definition) is 1. The summed E-state index contributed by atoms with van der Waals surface area (Å²) in [5.41, 5.74) is -0.608. The molecule has 13 heavy (non-hydrogen) atoms. The fourth-order valence-corrected chi connectivity index (χ4v) is 2.18. The van der Waals surface area contributed by atoms with E-state index in [4.69, 9.17) is 4.74 Å². The van der Waals surface area contributed by atoms with E-state index in [1.54, 1.807) is 0 Å². The molecule has 1 N–H and O–H groups in total. The van der Waals surface area contributed by atoms with Gasteiger partial charge in [0.15, 0.2) is 0 Å². The molecule has 0 amide bonds. The van der Waals surface area contributed by atoms with Crippen LogP contribution in [0.1, 0.15) is 39.5 Å². The van der Waals surface area contributed by atoms with Gasteiger partial charge in [0.25, 0.3) is 0 Å². The minimum Gasteiger partial charge on any atom is -0.492 e. The second kappa shape index (κ2) is 3.02. The summed E-state index contributed by atoms with van der Waals surface area (Å²) in [5, 5.41) is 10.1. The Morgan fingerprint density at radius 1 is 1.46 bits per heavy atom. The van der Waals surface area contributed by atoms with Gasteiger partial charge < -0.3 is 9.84 Å². The summed E-state index contributed by atoms with van der Waals surface area (Å²) in [7, 11) is 0. The van der Waals surface area contributed by atoms with Gasteiger partial charge in [-0.15, -0.1) is 0 Å². The van der Waals surface area contributed by atoms with Crippen LogP contribution in [0.25, 0.3) is 0 Å². The molecule has 0 radical (unpaired) electrons. The normalized spacial score (nSPS) is 37.3. The quantitative estimate of drug-likeness (QED) is 0.674. The number of hydrogen-bond acceptors (Lipinski definition) is 2. The third kappa shape index (κ3) is 1.60. The number of rotatable bonds is 1. The van der Waals surface area contributed by atoms with E-state index < -0.39 is 5.60 Å². The molecular weight excluding hydrogens is 164 g/mol. The molecule has 2 atom stereocenters. The van der Waals surface area contributed by atoms with Gasteiger partial charge >= 0.3 is 0 Å². The molecule has 1 aliphatic carbocycles. The zero-order chi connectivity index (χ0) is 9.47. The monoisotopic (exact) mass is 182 g/mol. The second-order valence-corrected chi connectivity index (χ2v) is 4.56. The standard InChI is InChI=1S/C11H18O2/c1-8-6-9(2)13-10(7-8)11(12)4-3-5-11/h7-9,12H,3-6H2,1-2H3/t8-,9+/m1/s1. The molecule has 1 saturated carbocycles. The summed E-state index contributed by atoms with van der Waals surface area (Å²) in [6.07, 6.45) is 6.30. The lowest BCUT2D eigenvalue weighted by atomic mass is 9.77. The molecule has 2 rings (SSSR count). The van der Waals surface area contributed by atoms with E-state index in [9.17, 15) is 5.11 Å². The number of allylic oxidation sites excluding steroid dienone is 1. The first kappa shape index (κ1) is 9.07. The van der Waals surface area contributed by atoms with Gasteiger partial charge in [0.05, 0.1) is 6.10 Å². The van der Waals surface area contributed by atoms with Gasteiger partial charge in [-0.25, -0.2) is 0 Å². The van der Waals surface area contributed by atoms with Crippen molar-refractivity contribution in [3.05, 3.63) is 11.8 Å². The summed E-state index contributed by atoms with van der Waals surface area (Å²) in [4.78, 5) is 0. The van der Waals surface area contributed by atoms with Crippen LogP contribution < -0.4 is 0 Å². The van der Waals surface area contributed by atoms with Crippen LogP contribution in [-0.4, -0.2) is 16.8 Å². The summed E-state index contributed by atoms with van der Waals surface area (Å²) in [6, 6.07) is 0. The lowest BCUT2D eigenvalue weighted by molar-refractivity contribution is -0.0696. The maximum atomic E-state index is 10.1. The molecule has 1 heterocycles. The van der Waals surface area contributed by atoms with Crippen LogP contribution in [0, 0.1) is 5.92 Å². The van der Waals surface area contributed by atoms with Crippen molar-refractivity contribution in [1.82, 2.24) is 0 Å². The molecule has 0 aromatic carbocycles. The first-order valence-electron chi connectivity index (χ1n) is 5.21. The Morgan fingerprint density at radius 3 is 2.62 bits per heavy atom. The fourth-order valence-electron chi connectivity index (χ4n) is 2.18. The molecular formula is C11H18O2. The van der Waals surface area contributed by atoms with Gasteiger partial charge in [-0.2, -0.15) is 0 Å². The first-order chi connectivity index (χ1) is 6.10. The van der Waals surface area contributed by atoms with Gasteiger partial charge in [0, 0.05) is 0 Å². The molecule has 2 heteroatoms. The molecule has 2 nitrogen and oxygen atoms in total. The van der Waals surface area contributed by atoms with Gasteiger partial charge in [0.2, 0.25) is 0 Å². The zero-order valence-corrected chi connectivity index (χ0v) is 8.42. The van der Waals surface area contributed by atoms with Crippen molar-refractivity contribution in [3.63, 3.8) is 0 Å². The first-order valence-corrected chi connectivity index (χ1v) is 5.21. The molecule has 0 aromatic heterocycles. The maximum Gasteiger partial charge on any atom is 0.124 e. The average Bonchev–Trinajstić information content (AvgIpc) is 1.98. The van der Waals surface area contributed by atoms with Gasteiger partial charge in [0.1, 0.15) is 11.4 Å². The van der Waals surface area contributed by atoms with Crippen LogP contribution >= 0.6 is 0 Å². The van der Waals surface area contributed by atoms with Crippen molar-refractivity contribution in [1.29, 1.82) is 0 Å². The topological polar surface area (TPSA) is 29.5 Å². The van der Waals surface area contributed by atoms with Gasteiger partial charge in [-0.05, 0) is 44.6 Å². The number of aliphatic hydroxyl groups is 1. The summed E-state index contributed by atoms with van der Waals surface area (Å²) < 4.78 is 5.67. The third-order valence-electron chi connectivity index (χ3n) is 3.11.